The van der Waals surface area contributed by atoms with Crippen LogP contribution in [0.5, 0.6) is 0 Å². The molecule has 2 N–H and O–H groups in total. The molecule has 0 fully saturated rings. The van der Waals surface area contributed by atoms with Gasteiger partial charge >= 0.3 is 7.12 Å². The lowest BCUT2D eigenvalue weighted by atomic mass is 9.80. The molecular formula is C20H22BNO2. The van der Waals surface area contributed by atoms with Crippen LogP contribution >= 0.6 is 0 Å². The first-order valence-electron chi connectivity index (χ1n) is 7.77. The standard InChI is InChI=1S/C16H16BNO2.C4H6/c1-11-12(2)18(16-6-4-3-5-15(11)16)14-9-7-13(8-10-14)17(19)20;1-3-4-2/h3-10,19-20H,1-2H3;3-4H,1-2H2. The average molecular weight is 319 g/mol. The van der Waals surface area contributed by atoms with Crippen molar-refractivity contribution in [1.82, 2.24) is 4.57 Å². The molecule has 0 aliphatic rings. The van der Waals surface area contributed by atoms with E-state index in [0.717, 1.165) is 5.69 Å². The normalized spacial score (nSPS) is 10.0. The molecule has 3 aromatic rings. The minimum Gasteiger partial charge on any atom is -0.423 e. The zero-order valence-corrected chi connectivity index (χ0v) is 14.1. The summed E-state index contributed by atoms with van der Waals surface area (Å²) in [6.07, 6.45) is 3.28. The van der Waals surface area contributed by atoms with Crippen molar-refractivity contribution in [3.63, 3.8) is 0 Å². The Hall–Kier alpha value is -2.56. The van der Waals surface area contributed by atoms with E-state index < -0.39 is 7.12 Å². The Morgan fingerprint density at radius 2 is 1.50 bits per heavy atom. The molecule has 3 nitrogen and oxygen atoms in total. The molecule has 1 aromatic heterocycles. The smallest absolute Gasteiger partial charge is 0.423 e. The van der Waals surface area contributed by atoms with Crippen molar-refractivity contribution in [1.29, 1.82) is 0 Å². The topological polar surface area (TPSA) is 45.4 Å². The minimum atomic E-state index is -1.42. The van der Waals surface area contributed by atoms with Gasteiger partial charge in [0.25, 0.3) is 0 Å². The summed E-state index contributed by atoms with van der Waals surface area (Å²) in [5.41, 5.74) is 5.16. The van der Waals surface area contributed by atoms with Gasteiger partial charge in [-0.15, -0.1) is 0 Å². The summed E-state index contributed by atoms with van der Waals surface area (Å²) in [6.45, 7) is 10.9. The molecule has 0 saturated carbocycles. The predicted molar refractivity (Wildman–Crippen MR) is 103 cm³/mol. The molecule has 0 atom stereocenters. The molecule has 3 rings (SSSR count). The highest BCUT2D eigenvalue weighted by Gasteiger charge is 2.13. The molecule has 0 radical (unpaired) electrons. The van der Waals surface area contributed by atoms with Crippen molar-refractivity contribution < 1.29 is 10.0 Å². The maximum absolute atomic E-state index is 9.16. The molecule has 0 saturated heterocycles. The predicted octanol–water partition coefficient (Wildman–Crippen LogP) is 3.29. The zero-order chi connectivity index (χ0) is 17.7. The highest BCUT2D eigenvalue weighted by Crippen LogP contribution is 2.27. The van der Waals surface area contributed by atoms with E-state index in [1.54, 1.807) is 24.3 Å². The molecule has 1 heterocycles. The fourth-order valence-electron chi connectivity index (χ4n) is 2.66. The Labute approximate surface area is 143 Å². The van der Waals surface area contributed by atoms with Crippen LogP contribution in [0.4, 0.5) is 0 Å². The number of hydrogen-bond acceptors (Lipinski definition) is 2. The summed E-state index contributed by atoms with van der Waals surface area (Å²) >= 11 is 0. The second-order valence-electron chi connectivity index (χ2n) is 5.50. The molecule has 0 bridgehead atoms. The summed E-state index contributed by atoms with van der Waals surface area (Å²) in [4.78, 5) is 0. The van der Waals surface area contributed by atoms with Crippen LogP contribution < -0.4 is 5.46 Å². The van der Waals surface area contributed by atoms with E-state index in [-0.39, 0.29) is 0 Å². The van der Waals surface area contributed by atoms with Crippen LogP contribution in [0.2, 0.25) is 0 Å². The molecular weight excluding hydrogens is 297 g/mol. The van der Waals surface area contributed by atoms with E-state index >= 15 is 0 Å². The van der Waals surface area contributed by atoms with E-state index in [1.165, 1.54) is 22.2 Å². The molecule has 0 unspecified atom stereocenters. The van der Waals surface area contributed by atoms with Gasteiger partial charge in [0, 0.05) is 16.8 Å². The molecule has 4 heteroatoms. The lowest BCUT2D eigenvalue weighted by molar-refractivity contribution is 0.426. The lowest BCUT2D eigenvalue weighted by Gasteiger charge is -2.09. The van der Waals surface area contributed by atoms with Crippen LogP contribution in [-0.4, -0.2) is 21.7 Å². The van der Waals surface area contributed by atoms with Gasteiger partial charge in [-0.1, -0.05) is 55.6 Å². The van der Waals surface area contributed by atoms with Gasteiger partial charge in [-0.25, -0.2) is 0 Å². The first kappa shape index (κ1) is 17.8. The van der Waals surface area contributed by atoms with Crippen molar-refractivity contribution >= 4 is 23.5 Å². The average Bonchev–Trinajstić information content (AvgIpc) is 2.87. The first-order chi connectivity index (χ1) is 11.5. The van der Waals surface area contributed by atoms with Gasteiger partial charge in [-0.05, 0) is 43.1 Å². The third-order valence-corrected chi connectivity index (χ3v) is 4.04. The molecule has 2 aromatic carbocycles. The van der Waals surface area contributed by atoms with Crippen molar-refractivity contribution in [2.24, 2.45) is 0 Å². The maximum atomic E-state index is 9.16. The van der Waals surface area contributed by atoms with Crippen LogP contribution in [0.3, 0.4) is 0 Å². The molecule has 24 heavy (non-hydrogen) atoms. The van der Waals surface area contributed by atoms with Crippen LogP contribution in [0.15, 0.2) is 73.8 Å². The largest absolute Gasteiger partial charge is 0.488 e. The van der Waals surface area contributed by atoms with E-state index in [4.69, 9.17) is 10.0 Å². The highest BCUT2D eigenvalue weighted by molar-refractivity contribution is 6.58. The van der Waals surface area contributed by atoms with Crippen LogP contribution in [0.25, 0.3) is 16.6 Å². The van der Waals surface area contributed by atoms with Gasteiger partial charge in [-0.3, -0.25) is 0 Å². The van der Waals surface area contributed by atoms with Gasteiger partial charge in [0.1, 0.15) is 0 Å². The number of rotatable bonds is 3. The number of benzene rings is 2. The van der Waals surface area contributed by atoms with E-state index in [1.807, 2.05) is 24.3 Å². The number of para-hydroxylation sites is 1. The number of aromatic nitrogens is 1. The molecule has 0 spiro atoms. The van der Waals surface area contributed by atoms with Gasteiger partial charge in [0.05, 0.1) is 5.52 Å². The van der Waals surface area contributed by atoms with Gasteiger partial charge in [-0.2, -0.15) is 0 Å². The van der Waals surface area contributed by atoms with Gasteiger partial charge in [0.2, 0.25) is 0 Å². The number of fused-ring (bicyclic) bond motifs is 1. The Morgan fingerprint density at radius 1 is 0.917 bits per heavy atom. The van der Waals surface area contributed by atoms with Gasteiger partial charge < -0.3 is 14.6 Å². The third-order valence-electron chi connectivity index (χ3n) is 4.04. The number of aryl methyl sites for hydroxylation is 1. The minimum absolute atomic E-state index is 0.500. The van der Waals surface area contributed by atoms with Crippen molar-refractivity contribution in [2.75, 3.05) is 0 Å². The third kappa shape index (κ3) is 3.50. The summed E-state index contributed by atoms with van der Waals surface area (Å²) in [5, 5.41) is 19.6. The highest BCUT2D eigenvalue weighted by atomic mass is 16.4. The van der Waals surface area contributed by atoms with Crippen LogP contribution in [-0.2, 0) is 0 Å². The monoisotopic (exact) mass is 319 g/mol. The van der Waals surface area contributed by atoms with E-state index in [2.05, 4.69) is 43.7 Å². The Kier molecular flexibility index (Phi) is 5.80. The fourth-order valence-corrected chi connectivity index (χ4v) is 2.66. The van der Waals surface area contributed by atoms with E-state index in [9.17, 15) is 0 Å². The van der Waals surface area contributed by atoms with Crippen LogP contribution in [0.1, 0.15) is 11.3 Å². The zero-order valence-electron chi connectivity index (χ0n) is 14.1. The Morgan fingerprint density at radius 3 is 2.04 bits per heavy atom. The number of allylic oxidation sites excluding steroid dienone is 2. The number of nitrogens with zero attached hydrogens (tertiary/aromatic N) is 1. The summed E-state index contributed by atoms with van der Waals surface area (Å²) in [7, 11) is -1.42. The fraction of sp³-hybridized carbons (Fsp3) is 0.100. The quantitative estimate of drug-likeness (QED) is 0.575. The lowest BCUT2D eigenvalue weighted by Crippen LogP contribution is -2.29. The van der Waals surface area contributed by atoms with E-state index in [0.29, 0.717) is 5.46 Å². The summed E-state index contributed by atoms with van der Waals surface area (Å²) < 4.78 is 2.19. The van der Waals surface area contributed by atoms with Crippen molar-refractivity contribution in [3.05, 3.63) is 85.1 Å². The van der Waals surface area contributed by atoms with Crippen LogP contribution in [0, 0.1) is 13.8 Å². The molecule has 0 aliphatic heterocycles. The molecule has 122 valence electrons. The second kappa shape index (κ2) is 7.82. The summed E-state index contributed by atoms with van der Waals surface area (Å²) in [5.74, 6) is 0. The number of hydrogen-bond donors (Lipinski definition) is 2. The SMILES string of the molecule is C=CC=C.Cc1c(C)n(-c2ccc(B(O)O)cc2)c2ccccc12. The van der Waals surface area contributed by atoms with Crippen molar-refractivity contribution in [3.8, 4) is 5.69 Å². The Bertz CT molecular complexity index is 842. The first-order valence-corrected chi connectivity index (χ1v) is 7.77. The van der Waals surface area contributed by atoms with Crippen molar-refractivity contribution in [2.45, 2.75) is 13.8 Å². The maximum Gasteiger partial charge on any atom is 0.488 e. The van der Waals surface area contributed by atoms with Gasteiger partial charge in [0.15, 0.2) is 0 Å². The molecule has 0 aliphatic carbocycles. The summed E-state index contributed by atoms with van der Waals surface area (Å²) in [6, 6.07) is 15.6. The molecule has 0 amide bonds. The second-order valence-corrected chi connectivity index (χ2v) is 5.50. The Balaban J connectivity index is 0.000000471.